The monoisotopic (exact) mass is 541 g/mol. The molecule has 1 aliphatic carbocycles. The van der Waals surface area contributed by atoms with Crippen LogP contribution in [0.3, 0.4) is 0 Å². The van der Waals surface area contributed by atoms with Gasteiger partial charge in [0.15, 0.2) is 12.1 Å². The number of benzene rings is 1. The molecule has 5 nitrogen and oxygen atoms in total. The Hall–Kier alpha value is -1.54. The molecule has 2 aliphatic rings. The van der Waals surface area contributed by atoms with Crippen molar-refractivity contribution < 1.29 is 47.5 Å². The zero-order chi connectivity index (χ0) is 22.1. The van der Waals surface area contributed by atoms with Crippen LogP contribution in [0.2, 0.25) is 0 Å². The minimum Gasteiger partial charge on any atom is -1.00 e. The van der Waals surface area contributed by atoms with Crippen molar-refractivity contribution in [3.05, 3.63) is 47.7 Å². The van der Waals surface area contributed by atoms with Crippen molar-refractivity contribution in [1.29, 1.82) is 0 Å². The molecule has 6 heteroatoms. The molecule has 0 amide bonds. The molecule has 0 N–H and O–H groups in total. The average molecular weight is 541 g/mol. The minimum absolute atomic E-state index is 0. The number of methoxy groups -OCH3 is 1. The van der Waals surface area contributed by atoms with E-state index in [9.17, 15) is 0 Å². The summed E-state index contributed by atoms with van der Waals surface area (Å²) in [6.45, 7) is 13.1. The van der Waals surface area contributed by atoms with Crippen LogP contribution in [0.1, 0.15) is 53.5 Å². The highest BCUT2D eigenvalue weighted by Crippen LogP contribution is 2.43. The lowest BCUT2D eigenvalue weighted by atomic mass is 9.80. The van der Waals surface area contributed by atoms with Gasteiger partial charge in [-0.3, -0.25) is 0 Å². The number of ether oxygens (including phenoxy) is 4. The Kier molecular flexibility index (Phi) is 8.25. The Morgan fingerprint density at radius 3 is 2.10 bits per heavy atom. The van der Waals surface area contributed by atoms with Gasteiger partial charge in [-0.25, -0.2) is 0 Å². The smallest absolute Gasteiger partial charge is 0.375 e. The molecule has 0 bridgehead atoms. The molecule has 0 radical (unpaired) electrons. The minimum atomic E-state index is -0.762. The van der Waals surface area contributed by atoms with Crippen LogP contribution in [0.15, 0.2) is 42.2 Å². The second-order valence-corrected chi connectivity index (χ2v) is 9.20. The highest BCUT2D eigenvalue weighted by molar-refractivity contribution is 5.99. The van der Waals surface area contributed by atoms with Crippen molar-refractivity contribution in [3.63, 3.8) is 0 Å². The van der Waals surface area contributed by atoms with Crippen LogP contribution in [0.4, 0.5) is 0 Å². The van der Waals surface area contributed by atoms with Crippen LogP contribution >= 0.6 is 0 Å². The summed E-state index contributed by atoms with van der Waals surface area (Å²) in [6.07, 6.45) is 5.00. The topological polar surface area (TPSA) is 39.9 Å². The summed E-state index contributed by atoms with van der Waals surface area (Å²) in [6, 6.07) is 8.15. The van der Waals surface area contributed by atoms with Crippen LogP contribution in [0.25, 0.3) is 5.57 Å². The second kappa shape index (κ2) is 9.94. The molecule has 1 aromatic carbocycles. The number of likely N-dealkylation sites (N-methyl/N-ethyl adjacent to an activating group) is 1. The average Bonchev–Trinajstić information content (AvgIpc) is 2.95. The van der Waals surface area contributed by atoms with E-state index in [1.165, 1.54) is 0 Å². The van der Waals surface area contributed by atoms with Gasteiger partial charge in [0.2, 0.25) is 5.60 Å². The fourth-order valence-electron chi connectivity index (χ4n) is 3.98. The van der Waals surface area contributed by atoms with Crippen molar-refractivity contribution in [2.75, 3.05) is 20.8 Å². The largest absolute Gasteiger partial charge is 1.00 e. The summed E-state index contributed by atoms with van der Waals surface area (Å²) in [7, 11) is 3.82. The van der Waals surface area contributed by atoms with Crippen molar-refractivity contribution in [3.8, 4) is 5.75 Å². The third-order valence-corrected chi connectivity index (χ3v) is 5.67. The quantitative estimate of drug-likeness (QED) is 0.390. The normalized spacial score (nSPS) is 22.6. The van der Waals surface area contributed by atoms with E-state index in [-0.39, 0.29) is 41.7 Å². The lowest BCUT2D eigenvalue weighted by molar-refractivity contribution is -0.565. The highest BCUT2D eigenvalue weighted by atomic mass is 127. The van der Waals surface area contributed by atoms with Crippen molar-refractivity contribution in [1.82, 2.24) is 0 Å². The first-order valence-electron chi connectivity index (χ1n) is 10.7. The zero-order valence-corrected chi connectivity index (χ0v) is 22.1. The third-order valence-electron chi connectivity index (χ3n) is 5.67. The molecule has 1 heterocycles. The number of hydrogen-bond acceptors (Lipinski definition) is 4. The van der Waals surface area contributed by atoms with E-state index >= 15 is 0 Å². The summed E-state index contributed by atoms with van der Waals surface area (Å²) < 4.78 is 26.8. The maximum Gasteiger partial charge on any atom is 0.375 e. The summed E-state index contributed by atoms with van der Waals surface area (Å²) in [4.78, 5) is 0. The van der Waals surface area contributed by atoms with Gasteiger partial charge in [-0.15, -0.1) is 0 Å². The van der Waals surface area contributed by atoms with Crippen molar-refractivity contribution >= 4 is 11.5 Å². The molecule has 0 aromatic heterocycles. The lowest BCUT2D eigenvalue weighted by Crippen LogP contribution is -3.00. The summed E-state index contributed by atoms with van der Waals surface area (Å²) in [5, 5.41) is 0. The number of allylic oxidation sites excluding steroid dienone is 1. The Bertz CT molecular complexity index is 868. The summed E-state index contributed by atoms with van der Waals surface area (Å²) in [5.41, 5.74) is 1.14. The molecule has 0 saturated heterocycles. The Labute approximate surface area is 204 Å². The van der Waals surface area contributed by atoms with E-state index in [1.807, 2.05) is 45.9 Å². The first-order valence-corrected chi connectivity index (χ1v) is 10.7. The molecule has 1 unspecified atom stereocenters. The third kappa shape index (κ3) is 5.11. The van der Waals surface area contributed by atoms with Gasteiger partial charge >= 0.3 is 5.90 Å². The highest BCUT2D eigenvalue weighted by Gasteiger charge is 2.55. The molecule has 1 aliphatic heterocycles. The van der Waals surface area contributed by atoms with Crippen LogP contribution in [0.5, 0.6) is 5.75 Å². The molecule has 1 atom stereocenters. The molecule has 1 aromatic rings. The van der Waals surface area contributed by atoms with E-state index in [0.29, 0.717) is 13.0 Å². The van der Waals surface area contributed by atoms with Gasteiger partial charge in [-0.1, -0.05) is 18.2 Å². The molecule has 0 saturated carbocycles. The summed E-state index contributed by atoms with van der Waals surface area (Å²) >= 11 is 0. The molecule has 0 spiro atoms. The Morgan fingerprint density at radius 2 is 1.61 bits per heavy atom. The van der Waals surface area contributed by atoms with Crippen molar-refractivity contribution in [2.24, 2.45) is 0 Å². The maximum absolute atomic E-state index is 6.28. The fraction of sp³-hybridized carbons (Fsp3) is 0.560. The van der Waals surface area contributed by atoms with E-state index in [4.69, 9.17) is 18.9 Å². The van der Waals surface area contributed by atoms with Gasteiger partial charge in [-0.05, 0) is 51.5 Å². The molecular weight excluding hydrogens is 505 g/mol. The lowest BCUT2D eigenvalue weighted by Gasteiger charge is -2.34. The summed E-state index contributed by atoms with van der Waals surface area (Å²) in [5.74, 6) is 2.48. The molecular formula is C25H36INO4. The van der Waals surface area contributed by atoms with E-state index < -0.39 is 5.60 Å². The molecule has 0 fully saturated rings. The van der Waals surface area contributed by atoms with Gasteiger partial charge in [0.25, 0.3) is 0 Å². The molecule has 172 valence electrons. The first-order chi connectivity index (χ1) is 14.1. The standard InChI is InChI=1S/C25H36NO4.HI/c1-17(2)29-20-13-11-19(12-14-20)22-21(30-18(3)4)10-9-15-25(22,27-8)23-26(7)24(5,6)16-28-23;/h9-14,17-18H,15-16H2,1-8H3;1H/q+1;/p-1. The van der Waals surface area contributed by atoms with E-state index in [0.717, 1.165) is 28.5 Å². The number of halogens is 1. The predicted molar refractivity (Wildman–Crippen MR) is 120 cm³/mol. The van der Waals surface area contributed by atoms with Crippen LogP contribution in [-0.2, 0) is 14.2 Å². The van der Waals surface area contributed by atoms with Gasteiger partial charge in [0.05, 0.1) is 12.2 Å². The predicted octanol–water partition coefficient (Wildman–Crippen LogP) is 1.81. The van der Waals surface area contributed by atoms with Gasteiger partial charge in [0.1, 0.15) is 18.6 Å². The molecule has 31 heavy (non-hydrogen) atoms. The van der Waals surface area contributed by atoms with Crippen LogP contribution in [-0.4, -0.2) is 54.6 Å². The zero-order valence-electron chi connectivity index (χ0n) is 20.0. The van der Waals surface area contributed by atoms with Crippen molar-refractivity contribution in [2.45, 2.75) is 71.3 Å². The maximum atomic E-state index is 6.28. The van der Waals surface area contributed by atoms with Gasteiger partial charge < -0.3 is 42.9 Å². The van der Waals surface area contributed by atoms with Crippen LogP contribution < -0.4 is 28.7 Å². The fourth-order valence-corrected chi connectivity index (χ4v) is 3.98. The Morgan fingerprint density at radius 1 is 1.00 bits per heavy atom. The Balaban J connectivity index is 0.00000341. The first kappa shape index (κ1) is 25.7. The van der Waals surface area contributed by atoms with E-state index in [1.54, 1.807) is 7.11 Å². The second-order valence-electron chi connectivity index (χ2n) is 9.20. The number of rotatable bonds is 7. The van der Waals surface area contributed by atoms with Gasteiger partial charge in [0, 0.05) is 33.0 Å². The number of nitrogens with zero attached hydrogens (tertiary/aromatic N) is 1. The SMILES string of the molecule is COC1(C2=[N+](C)C(C)(C)CO2)CC=CC(OC(C)C)=C1c1ccc(OC(C)C)cc1.[I-]. The van der Waals surface area contributed by atoms with E-state index in [2.05, 4.69) is 43.7 Å². The van der Waals surface area contributed by atoms with Crippen LogP contribution in [0, 0.1) is 0 Å². The molecule has 3 rings (SSSR count). The van der Waals surface area contributed by atoms with Gasteiger partial charge in [-0.2, -0.15) is 4.58 Å². The number of hydrogen-bond donors (Lipinski definition) is 0.